The first-order valence-corrected chi connectivity index (χ1v) is 14.4. The molecule has 0 aliphatic heterocycles. The molecule has 9 nitrogen and oxygen atoms in total. The minimum absolute atomic E-state index is 0.0173. The van der Waals surface area contributed by atoms with Crippen LogP contribution in [0.5, 0.6) is 0 Å². The van der Waals surface area contributed by atoms with Gasteiger partial charge in [0, 0.05) is 43.8 Å². The molecule has 2 aliphatic rings. The maximum Gasteiger partial charge on any atom is 0.398 e. The van der Waals surface area contributed by atoms with E-state index >= 15 is 4.39 Å². The number of fused-ring (bicyclic) bond motifs is 1. The van der Waals surface area contributed by atoms with E-state index in [2.05, 4.69) is 10.2 Å². The van der Waals surface area contributed by atoms with Crippen molar-refractivity contribution >= 4 is 35.1 Å². The van der Waals surface area contributed by atoms with Crippen LogP contribution in [-0.4, -0.2) is 55.7 Å². The molecule has 45 heavy (non-hydrogen) atoms. The second-order valence-electron chi connectivity index (χ2n) is 11.4. The molecular weight excluding hydrogens is 618 g/mol. The van der Waals surface area contributed by atoms with Gasteiger partial charge in [0.15, 0.2) is 0 Å². The normalized spacial score (nSPS) is 17.1. The Hall–Kier alpha value is -4.52. The number of aryl methyl sites for hydroxylation is 1. The second kappa shape index (κ2) is 10.8. The van der Waals surface area contributed by atoms with Crippen LogP contribution in [0.3, 0.4) is 0 Å². The summed E-state index contributed by atoms with van der Waals surface area (Å²) in [6, 6.07) is 7.16. The number of aromatic carboxylic acids is 1. The predicted octanol–water partition coefficient (Wildman–Crippen LogP) is 5.82. The molecule has 14 heteroatoms. The molecule has 0 saturated heterocycles. The standard InChI is InChI=1S/C31H26ClF4N5O4/c1-39-15-18(14-37-39)40(2)27(42)16-6-9-20-24(13-16)41(38-26(20)19-8-7-17(29(44)45)12-23(19)33)28(43)25-21(4-3-5-22(25)32)30(10-11-30)31(34,35)36/h3-5,7-8,12,14-16H,6,9-11,13H2,1-2H3,(H,44,45)/t16-/m0/s1. The number of hydrogen-bond donors (Lipinski definition) is 1. The van der Waals surface area contributed by atoms with Crippen LogP contribution < -0.4 is 4.90 Å². The highest BCUT2D eigenvalue weighted by Crippen LogP contribution is 2.60. The Labute approximate surface area is 259 Å². The zero-order valence-electron chi connectivity index (χ0n) is 24.0. The zero-order chi connectivity index (χ0) is 32.4. The molecule has 2 aromatic heterocycles. The number of carbonyl (C=O) groups is 3. The van der Waals surface area contributed by atoms with Crippen molar-refractivity contribution in [3.05, 3.63) is 87.6 Å². The number of nitrogens with zero attached hydrogens (tertiary/aromatic N) is 5. The summed E-state index contributed by atoms with van der Waals surface area (Å²) in [5.74, 6) is -4.11. The van der Waals surface area contributed by atoms with Gasteiger partial charge in [-0.1, -0.05) is 23.7 Å². The van der Waals surface area contributed by atoms with E-state index in [0.717, 1.165) is 10.7 Å². The van der Waals surface area contributed by atoms with Gasteiger partial charge in [-0.3, -0.25) is 14.3 Å². The van der Waals surface area contributed by atoms with Gasteiger partial charge in [0.25, 0.3) is 5.91 Å². The van der Waals surface area contributed by atoms with Crippen LogP contribution in [-0.2, 0) is 30.1 Å². The van der Waals surface area contributed by atoms with Crippen LogP contribution in [0.2, 0.25) is 5.02 Å². The molecule has 1 amide bonds. The number of aromatic nitrogens is 4. The minimum atomic E-state index is -4.63. The van der Waals surface area contributed by atoms with Gasteiger partial charge < -0.3 is 10.0 Å². The number of benzene rings is 2. The smallest absolute Gasteiger partial charge is 0.398 e. The van der Waals surface area contributed by atoms with E-state index in [1.165, 1.54) is 46.1 Å². The van der Waals surface area contributed by atoms with Crippen molar-refractivity contribution in [3.8, 4) is 11.3 Å². The van der Waals surface area contributed by atoms with Gasteiger partial charge in [0.05, 0.1) is 44.8 Å². The zero-order valence-corrected chi connectivity index (χ0v) is 24.8. The quantitative estimate of drug-likeness (QED) is 0.265. The first-order valence-electron chi connectivity index (χ1n) is 14.0. The number of carboxylic acids is 1. The molecule has 0 unspecified atom stereocenters. The van der Waals surface area contributed by atoms with Crippen molar-refractivity contribution in [2.75, 3.05) is 11.9 Å². The third-order valence-corrected chi connectivity index (χ3v) is 9.04. The number of rotatable bonds is 6. The molecule has 1 N–H and O–H groups in total. The molecule has 0 radical (unpaired) electrons. The highest BCUT2D eigenvalue weighted by atomic mass is 35.5. The Kier molecular flexibility index (Phi) is 7.34. The van der Waals surface area contributed by atoms with Crippen molar-refractivity contribution in [2.24, 2.45) is 13.0 Å². The van der Waals surface area contributed by atoms with Gasteiger partial charge in [-0.2, -0.15) is 28.1 Å². The minimum Gasteiger partial charge on any atom is -0.478 e. The second-order valence-corrected chi connectivity index (χ2v) is 11.8. The fourth-order valence-electron chi connectivity index (χ4n) is 6.11. The summed E-state index contributed by atoms with van der Waals surface area (Å²) >= 11 is 6.41. The Morgan fingerprint density at radius 1 is 1.16 bits per heavy atom. The lowest BCUT2D eigenvalue weighted by molar-refractivity contribution is -0.160. The summed E-state index contributed by atoms with van der Waals surface area (Å²) in [4.78, 5) is 40.6. The third kappa shape index (κ3) is 5.08. The average molecular weight is 644 g/mol. The van der Waals surface area contributed by atoms with E-state index in [1.807, 2.05) is 0 Å². The van der Waals surface area contributed by atoms with Crippen LogP contribution >= 0.6 is 11.6 Å². The third-order valence-electron chi connectivity index (χ3n) is 8.73. The molecule has 1 saturated carbocycles. The summed E-state index contributed by atoms with van der Waals surface area (Å²) in [7, 11) is 3.29. The number of carbonyl (C=O) groups excluding carboxylic acids is 2. The van der Waals surface area contributed by atoms with E-state index < -0.39 is 35.2 Å². The maximum absolute atomic E-state index is 15.3. The molecule has 234 valence electrons. The Balaban J connectivity index is 1.48. The monoisotopic (exact) mass is 643 g/mol. The van der Waals surface area contributed by atoms with Crippen LogP contribution in [0.15, 0.2) is 48.8 Å². The highest BCUT2D eigenvalue weighted by Gasteiger charge is 2.65. The lowest BCUT2D eigenvalue weighted by Crippen LogP contribution is -2.36. The van der Waals surface area contributed by atoms with Crippen molar-refractivity contribution in [2.45, 2.75) is 43.7 Å². The number of halogens is 5. The largest absolute Gasteiger partial charge is 0.478 e. The van der Waals surface area contributed by atoms with Gasteiger partial charge in [0.1, 0.15) is 5.82 Å². The van der Waals surface area contributed by atoms with Crippen LogP contribution in [0.4, 0.5) is 23.2 Å². The molecule has 1 atom stereocenters. The SMILES string of the molecule is CN(C(=O)[C@H]1CCc2c(-c3ccc(C(=O)O)cc3F)nn(C(=O)c3c(Cl)cccc3C3(C(F)(F)F)CC3)c2C1)c1cnn(C)c1. The molecule has 2 heterocycles. The fourth-order valence-corrected chi connectivity index (χ4v) is 6.36. The summed E-state index contributed by atoms with van der Waals surface area (Å²) in [5.41, 5.74) is -2.01. The van der Waals surface area contributed by atoms with Gasteiger partial charge in [-0.25, -0.2) is 9.18 Å². The van der Waals surface area contributed by atoms with E-state index in [0.29, 0.717) is 17.7 Å². The van der Waals surface area contributed by atoms with Gasteiger partial charge in [0.2, 0.25) is 5.91 Å². The molecular formula is C31H26ClF4N5O4. The number of carboxylic acid groups (broad SMARTS) is 1. The Morgan fingerprint density at radius 3 is 2.49 bits per heavy atom. The first-order chi connectivity index (χ1) is 21.2. The average Bonchev–Trinajstić information content (AvgIpc) is 3.59. The summed E-state index contributed by atoms with van der Waals surface area (Å²) < 4.78 is 60.5. The Morgan fingerprint density at radius 2 is 1.89 bits per heavy atom. The lowest BCUT2D eigenvalue weighted by Gasteiger charge is -2.27. The maximum atomic E-state index is 15.3. The summed E-state index contributed by atoms with van der Waals surface area (Å²) in [5, 5.41) is 17.6. The van der Waals surface area contributed by atoms with E-state index in [9.17, 15) is 32.7 Å². The lowest BCUT2D eigenvalue weighted by atomic mass is 9.84. The van der Waals surface area contributed by atoms with Crippen LogP contribution in [0, 0.1) is 11.7 Å². The number of alkyl halides is 3. The van der Waals surface area contributed by atoms with E-state index in [1.54, 1.807) is 20.3 Å². The van der Waals surface area contributed by atoms with Gasteiger partial charge in [-0.05, 0) is 55.5 Å². The van der Waals surface area contributed by atoms with Gasteiger partial charge in [-0.15, -0.1) is 0 Å². The molecule has 4 aromatic rings. The summed E-state index contributed by atoms with van der Waals surface area (Å²) in [6.45, 7) is 0. The Bertz CT molecular complexity index is 1880. The molecule has 0 bridgehead atoms. The van der Waals surface area contributed by atoms with Crippen molar-refractivity contribution < 1.29 is 37.1 Å². The topological polar surface area (TPSA) is 110 Å². The number of anilines is 1. The molecule has 2 aliphatic carbocycles. The summed E-state index contributed by atoms with van der Waals surface area (Å²) in [6.07, 6.45) is -1.38. The molecule has 1 fully saturated rings. The number of hydrogen-bond acceptors (Lipinski definition) is 5. The van der Waals surface area contributed by atoms with Crippen LogP contribution in [0.25, 0.3) is 11.3 Å². The van der Waals surface area contributed by atoms with E-state index in [4.69, 9.17) is 11.6 Å². The van der Waals surface area contributed by atoms with Gasteiger partial charge >= 0.3 is 12.1 Å². The number of amides is 1. The predicted molar refractivity (Wildman–Crippen MR) is 155 cm³/mol. The molecule has 6 rings (SSSR count). The van der Waals surface area contributed by atoms with E-state index in [-0.39, 0.29) is 70.3 Å². The van der Waals surface area contributed by atoms with Crippen LogP contribution in [0.1, 0.15) is 56.8 Å². The first kappa shape index (κ1) is 30.5. The van der Waals surface area contributed by atoms with Crippen molar-refractivity contribution in [1.82, 2.24) is 19.6 Å². The highest BCUT2D eigenvalue weighted by molar-refractivity contribution is 6.34. The van der Waals surface area contributed by atoms with Crippen molar-refractivity contribution in [3.63, 3.8) is 0 Å². The molecule has 0 spiro atoms. The van der Waals surface area contributed by atoms with Crippen molar-refractivity contribution in [1.29, 1.82) is 0 Å². The fraction of sp³-hybridized carbons (Fsp3) is 0.323. The molecule has 2 aromatic carbocycles.